The van der Waals surface area contributed by atoms with E-state index in [1.54, 1.807) is 7.11 Å². The zero-order valence-electron chi connectivity index (χ0n) is 10.6. The van der Waals surface area contributed by atoms with Crippen LogP contribution in [-0.4, -0.2) is 7.11 Å². The standard InChI is InChI=1S/C15H13BrCl2O/c1-9-7-10(17)3-5-12(9)15(18)13-6-4-11(19-2)8-14(13)16/h3-8,15H,1-2H3. The van der Waals surface area contributed by atoms with Crippen molar-refractivity contribution in [3.8, 4) is 5.75 Å². The number of aryl methyl sites for hydroxylation is 1. The second-order valence-corrected chi connectivity index (χ2v) is 5.98. The number of ether oxygens (including phenoxy) is 1. The van der Waals surface area contributed by atoms with Crippen LogP contribution >= 0.6 is 39.1 Å². The molecule has 4 heteroatoms. The lowest BCUT2D eigenvalue weighted by Crippen LogP contribution is -1.98. The third-order valence-corrected chi connectivity index (χ3v) is 4.38. The van der Waals surface area contributed by atoms with Gasteiger partial charge in [-0.05, 0) is 47.9 Å². The topological polar surface area (TPSA) is 9.23 Å². The van der Waals surface area contributed by atoms with E-state index in [-0.39, 0.29) is 5.38 Å². The predicted octanol–water partition coefficient (Wildman–Crippen LogP) is 5.75. The van der Waals surface area contributed by atoms with E-state index in [4.69, 9.17) is 27.9 Å². The van der Waals surface area contributed by atoms with Crippen LogP contribution in [0, 0.1) is 6.92 Å². The molecule has 2 aromatic rings. The molecule has 0 aliphatic heterocycles. The minimum Gasteiger partial charge on any atom is -0.497 e. The van der Waals surface area contributed by atoms with Gasteiger partial charge in [0.1, 0.15) is 5.75 Å². The van der Waals surface area contributed by atoms with Crippen molar-refractivity contribution in [3.63, 3.8) is 0 Å². The molecule has 2 aromatic carbocycles. The number of halogens is 3. The van der Waals surface area contributed by atoms with Gasteiger partial charge in [-0.1, -0.05) is 39.7 Å². The van der Waals surface area contributed by atoms with Gasteiger partial charge in [-0.25, -0.2) is 0 Å². The summed E-state index contributed by atoms with van der Waals surface area (Å²) in [6.07, 6.45) is 0. The van der Waals surface area contributed by atoms with Gasteiger partial charge in [0, 0.05) is 9.50 Å². The van der Waals surface area contributed by atoms with Gasteiger partial charge >= 0.3 is 0 Å². The molecule has 0 saturated carbocycles. The largest absolute Gasteiger partial charge is 0.497 e. The van der Waals surface area contributed by atoms with E-state index in [0.717, 1.165) is 31.9 Å². The second kappa shape index (κ2) is 6.17. The quantitative estimate of drug-likeness (QED) is 0.634. The highest BCUT2D eigenvalue weighted by atomic mass is 79.9. The Morgan fingerprint density at radius 1 is 1.11 bits per heavy atom. The summed E-state index contributed by atoms with van der Waals surface area (Å²) in [4.78, 5) is 0. The first kappa shape index (κ1) is 14.7. The van der Waals surface area contributed by atoms with Crippen molar-refractivity contribution in [2.45, 2.75) is 12.3 Å². The zero-order chi connectivity index (χ0) is 14.0. The Morgan fingerprint density at radius 3 is 2.37 bits per heavy atom. The van der Waals surface area contributed by atoms with E-state index >= 15 is 0 Å². The summed E-state index contributed by atoms with van der Waals surface area (Å²) < 4.78 is 6.12. The lowest BCUT2D eigenvalue weighted by Gasteiger charge is -2.15. The molecule has 0 aliphatic rings. The fraction of sp³-hybridized carbons (Fsp3) is 0.200. The Labute approximate surface area is 131 Å². The summed E-state index contributed by atoms with van der Waals surface area (Å²) in [5.41, 5.74) is 3.14. The summed E-state index contributed by atoms with van der Waals surface area (Å²) >= 11 is 16.1. The Morgan fingerprint density at radius 2 is 1.79 bits per heavy atom. The van der Waals surface area contributed by atoms with Crippen LogP contribution in [0.2, 0.25) is 5.02 Å². The third-order valence-electron chi connectivity index (χ3n) is 2.99. The first-order chi connectivity index (χ1) is 9.02. The number of alkyl halides is 1. The van der Waals surface area contributed by atoms with E-state index in [9.17, 15) is 0 Å². The molecule has 19 heavy (non-hydrogen) atoms. The van der Waals surface area contributed by atoms with Gasteiger partial charge < -0.3 is 4.74 Å². The summed E-state index contributed by atoms with van der Waals surface area (Å²) in [7, 11) is 1.64. The van der Waals surface area contributed by atoms with Crippen molar-refractivity contribution in [3.05, 3.63) is 62.6 Å². The van der Waals surface area contributed by atoms with Crippen molar-refractivity contribution in [1.29, 1.82) is 0 Å². The number of rotatable bonds is 3. The number of hydrogen-bond acceptors (Lipinski definition) is 1. The highest BCUT2D eigenvalue weighted by molar-refractivity contribution is 9.10. The summed E-state index contributed by atoms with van der Waals surface area (Å²) in [6, 6.07) is 11.5. The van der Waals surface area contributed by atoms with Crippen LogP contribution in [0.3, 0.4) is 0 Å². The van der Waals surface area contributed by atoms with Crippen LogP contribution in [0.4, 0.5) is 0 Å². The predicted molar refractivity (Wildman–Crippen MR) is 84.6 cm³/mol. The first-order valence-electron chi connectivity index (χ1n) is 5.76. The van der Waals surface area contributed by atoms with E-state index in [1.165, 1.54) is 0 Å². The average Bonchev–Trinajstić information content (AvgIpc) is 2.37. The van der Waals surface area contributed by atoms with Gasteiger partial charge in [-0.2, -0.15) is 0 Å². The minimum absolute atomic E-state index is 0.224. The summed E-state index contributed by atoms with van der Waals surface area (Å²) in [5, 5.41) is 0.497. The molecule has 0 bridgehead atoms. The fourth-order valence-corrected chi connectivity index (χ4v) is 3.31. The van der Waals surface area contributed by atoms with Crippen LogP contribution in [0.15, 0.2) is 40.9 Å². The van der Waals surface area contributed by atoms with Crippen LogP contribution < -0.4 is 4.74 Å². The van der Waals surface area contributed by atoms with E-state index in [2.05, 4.69) is 15.9 Å². The minimum atomic E-state index is -0.224. The molecule has 1 nitrogen and oxygen atoms in total. The number of methoxy groups -OCH3 is 1. The Kier molecular flexibility index (Phi) is 4.77. The van der Waals surface area contributed by atoms with Gasteiger partial charge in [0.2, 0.25) is 0 Å². The maximum Gasteiger partial charge on any atom is 0.120 e. The second-order valence-electron chi connectivity index (χ2n) is 4.25. The maximum atomic E-state index is 6.58. The third kappa shape index (κ3) is 3.25. The summed E-state index contributed by atoms with van der Waals surface area (Å²) in [6.45, 7) is 2.01. The SMILES string of the molecule is COc1ccc(C(Cl)c2ccc(Cl)cc2C)c(Br)c1. The van der Waals surface area contributed by atoms with Crippen LogP contribution in [0.5, 0.6) is 5.75 Å². The Hall–Kier alpha value is -0.700. The molecule has 0 aromatic heterocycles. The lowest BCUT2D eigenvalue weighted by atomic mass is 10.00. The highest BCUT2D eigenvalue weighted by Gasteiger charge is 2.16. The van der Waals surface area contributed by atoms with Crippen molar-refractivity contribution < 1.29 is 4.74 Å². The van der Waals surface area contributed by atoms with Crippen LogP contribution in [0.1, 0.15) is 22.1 Å². The molecule has 0 amide bonds. The molecule has 0 aliphatic carbocycles. The van der Waals surface area contributed by atoms with Crippen LogP contribution in [-0.2, 0) is 0 Å². The molecule has 0 fully saturated rings. The smallest absolute Gasteiger partial charge is 0.120 e. The van der Waals surface area contributed by atoms with Crippen LogP contribution in [0.25, 0.3) is 0 Å². The molecule has 2 rings (SSSR count). The van der Waals surface area contributed by atoms with Gasteiger partial charge in [0.25, 0.3) is 0 Å². The molecular weight excluding hydrogens is 347 g/mol. The Balaban J connectivity index is 2.41. The molecule has 0 saturated heterocycles. The van der Waals surface area contributed by atoms with E-state index in [1.807, 2.05) is 43.3 Å². The molecule has 0 spiro atoms. The van der Waals surface area contributed by atoms with Crippen molar-refractivity contribution in [1.82, 2.24) is 0 Å². The average molecular weight is 360 g/mol. The van der Waals surface area contributed by atoms with Gasteiger partial charge in [-0.3, -0.25) is 0 Å². The van der Waals surface area contributed by atoms with E-state index in [0.29, 0.717) is 0 Å². The van der Waals surface area contributed by atoms with Crippen molar-refractivity contribution in [2.24, 2.45) is 0 Å². The van der Waals surface area contributed by atoms with Gasteiger partial charge in [0.15, 0.2) is 0 Å². The Bertz CT molecular complexity index is 599. The molecule has 1 atom stereocenters. The zero-order valence-corrected chi connectivity index (χ0v) is 13.7. The van der Waals surface area contributed by atoms with Crippen molar-refractivity contribution >= 4 is 39.1 Å². The molecule has 0 N–H and O–H groups in total. The molecule has 100 valence electrons. The summed E-state index contributed by atoms with van der Waals surface area (Å²) in [5.74, 6) is 0.798. The lowest BCUT2D eigenvalue weighted by molar-refractivity contribution is 0.414. The molecule has 1 unspecified atom stereocenters. The molecular formula is C15H13BrCl2O. The maximum absolute atomic E-state index is 6.58. The van der Waals surface area contributed by atoms with Gasteiger partial charge in [0.05, 0.1) is 12.5 Å². The number of benzene rings is 2. The normalized spacial score (nSPS) is 12.3. The first-order valence-corrected chi connectivity index (χ1v) is 7.37. The van der Waals surface area contributed by atoms with E-state index < -0.39 is 0 Å². The number of hydrogen-bond donors (Lipinski definition) is 0. The molecule has 0 radical (unpaired) electrons. The highest BCUT2D eigenvalue weighted by Crippen LogP contribution is 2.37. The fourth-order valence-electron chi connectivity index (χ4n) is 1.93. The van der Waals surface area contributed by atoms with Crippen molar-refractivity contribution in [2.75, 3.05) is 7.11 Å². The monoisotopic (exact) mass is 358 g/mol. The van der Waals surface area contributed by atoms with Gasteiger partial charge in [-0.15, -0.1) is 11.6 Å². The molecule has 0 heterocycles.